The van der Waals surface area contributed by atoms with E-state index in [4.69, 9.17) is 4.74 Å². The number of carbonyl (C=O) groups is 3. The number of rotatable bonds is 4. The minimum Gasteiger partial charge on any atom is -0.462 e. The summed E-state index contributed by atoms with van der Waals surface area (Å²) in [7, 11) is 0. The molecule has 1 aromatic carbocycles. The lowest BCUT2D eigenvalue weighted by Gasteiger charge is -2.12. The van der Waals surface area contributed by atoms with E-state index in [1.807, 2.05) is 0 Å². The van der Waals surface area contributed by atoms with Gasteiger partial charge in [0, 0.05) is 0 Å². The van der Waals surface area contributed by atoms with E-state index in [2.05, 4.69) is 10.1 Å². The van der Waals surface area contributed by atoms with Gasteiger partial charge in [-0.25, -0.2) is 9.59 Å². The lowest BCUT2D eigenvalue weighted by molar-refractivity contribution is -0.152. The second-order valence-corrected chi connectivity index (χ2v) is 3.89. The minimum absolute atomic E-state index is 0.102. The van der Waals surface area contributed by atoms with Gasteiger partial charge < -0.3 is 14.8 Å². The molecule has 0 heterocycles. The van der Waals surface area contributed by atoms with E-state index in [-0.39, 0.29) is 24.5 Å². The van der Waals surface area contributed by atoms with Crippen molar-refractivity contribution in [3.63, 3.8) is 0 Å². The molecular weight excluding hydrogens is 262 g/mol. The molecule has 20 heavy (non-hydrogen) atoms. The van der Waals surface area contributed by atoms with Crippen molar-refractivity contribution >= 4 is 23.5 Å². The molecular formula is C14H17NO5. The van der Waals surface area contributed by atoms with Crippen LogP contribution in [0.3, 0.4) is 0 Å². The summed E-state index contributed by atoms with van der Waals surface area (Å²) < 4.78 is 9.50. The summed E-state index contributed by atoms with van der Waals surface area (Å²) in [5.41, 5.74) is 1.10. The average molecular weight is 279 g/mol. The number of para-hydroxylation sites is 1. The number of aryl methyl sites for hydroxylation is 1. The Balaban J connectivity index is 3.02. The predicted octanol–water partition coefficient (Wildman–Crippen LogP) is 1.67. The first-order valence-corrected chi connectivity index (χ1v) is 6.26. The number of nitrogens with one attached hydrogen (secondary N) is 1. The third-order valence-electron chi connectivity index (χ3n) is 2.47. The van der Waals surface area contributed by atoms with Crippen molar-refractivity contribution in [3.05, 3.63) is 29.3 Å². The van der Waals surface area contributed by atoms with Gasteiger partial charge in [-0.1, -0.05) is 12.1 Å². The molecule has 6 nitrogen and oxygen atoms in total. The van der Waals surface area contributed by atoms with Gasteiger partial charge in [-0.3, -0.25) is 4.79 Å². The van der Waals surface area contributed by atoms with Gasteiger partial charge in [0.25, 0.3) is 0 Å². The Morgan fingerprint density at radius 3 is 2.35 bits per heavy atom. The van der Waals surface area contributed by atoms with Crippen LogP contribution in [0, 0.1) is 6.92 Å². The zero-order valence-corrected chi connectivity index (χ0v) is 11.7. The van der Waals surface area contributed by atoms with Crippen LogP contribution in [0.15, 0.2) is 18.2 Å². The van der Waals surface area contributed by atoms with Crippen LogP contribution in [0.5, 0.6) is 0 Å². The summed E-state index contributed by atoms with van der Waals surface area (Å²) >= 11 is 0. The maximum absolute atomic E-state index is 11.8. The number of anilines is 1. The molecule has 1 N–H and O–H groups in total. The molecule has 0 atom stereocenters. The van der Waals surface area contributed by atoms with E-state index in [0.717, 1.165) is 0 Å². The second-order valence-electron chi connectivity index (χ2n) is 3.89. The predicted molar refractivity (Wildman–Crippen MR) is 72.4 cm³/mol. The van der Waals surface area contributed by atoms with Crippen LogP contribution < -0.4 is 5.32 Å². The number of esters is 2. The van der Waals surface area contributed by atoms with Crippen LogP contribution in [0.25, 0.3) is 0 Å². The summed E-state index contributed by atoms with van der Waals surface area (Å²) in [6.45, 7) is 5.32. The average Bonchev–Trinajstić information content (AvgIpc) is 2.41. The molecule has 0 saturated carbocycles. The van der Waals surface area contributed by atoms with Crippen LogP contribution >= 0.6 is 0 Å². The summed E-state index contributed by atoms with van der Waals surface area (Å²) in [6.07, 6.45) is 0. The number of hydrogen-bond acceptors (Lipinski definition) is 5. The van der Waals surface area contributed by atoms with E-state index in [0.29, 0.717) is 5.56 Å². The molecule has 0 spiro atoms. The molecule has 0 radical (unpaired) electrons. The highest BCUT2D eigenvalue weighted by molar-refractivity contribution is 6.37. The van der Waals surface area contributed by atoms with Gasteiger partial charge in [-0.2, -0.15) is 0 Å². The first-order chi connectivity index (χ1) is 9.51. The Bertz CT molecular complexity index is 524. The van der Waals surface area contributed by atoms with Crippen molar-refractivity contribution in [3.8, 4) is 0 Å². The minimum atomic E-state index is -0.995. The van der Waals surface area contributed by atoms with E-state index >= 15 is 0 Å². The Morgan fingerprint density at radius 2 is 1.75 bits per heavy atom. The van der Waals surface area contributed by atoms with Crippen LogP contribution in [0.1, 0.15) is 29.8 Å². The normalized spacial score (nSPS) is 9.75. The van der Waals surface area contributed by atoms with Crippen molar-refractivity contribution < 1.29 is 23.9 Å². The highest BCUT2D eigenvalue weighted by atomic mass is 16.5. The molecule has 108 valence electrons. The Kier molecular flexibility index (Phi) is 5.71. The summed E-state index contributed by atoms with van der Waals surface area (Å²) in [6, 6.07) is 4.90. The molecule has 0 aliphatic carbocycles. The molecule has 1 amide bonds. The van der Waals surface area contributed by atoms with Crippen molar-refractivity contribution in [2.75, 3.05) is 18.5 Å². The molecule has 0 unspecified atom stereocenters. The van der Waals surface area contributed by atoms with Crippen molar-refractivity contribution in [1.82, 2.24) is 0 Å². The molecule has 6 heteroatoms. The largest absolute Gasteiger partial charge is 0.462 e. The van der Waals surface area contributed by atoms with Crippen LogP contribution in [-0.2, 0) is 19.1 Å². The van der Waals surface area contributed by atoms with Gasteiger partial charge in [-0.15, -0.1) is 0 Å². The smallest absolute Gasteiger partial charge is 0.397 e. The molecule has 0 aliphatic rings. The number of ether oxygens (including phenoxy) is 2. The molecule has 0 aromatic heterocycles. The van der Waals surface area contributed by atoms with Gasteiger partial charge in [0.1, 0.15) is 0 Å². The van der Waals surface area contributed by atoms with Gasteiger partial charge in [-0.05, 0) is 32.4 Å². The van der Waals surface area contributed by atoms with E-state index in [1.165, 1.54) is 6.07 Å². The second kappa shape index (κ2) is 7.28. The van der Waals surface area contributed by atoms with Crippen molar-refractivity contribution in [2.24, 2.45) is 0 Å². The fourth-order valence-electron chi connectivity index (χ4n) is 1.57. The number of amides is 1. The topological polar surface area (TPSA) is 81.7 Å². The monoisotopic (exact) mass is 279 g/mol. The zero-order chi connectivity index (χ0) is 15.1. The first-order valence-electron chi connectivity index (χ1n) is 6.26. The highest BCUT2D eigenvalue weighted by Crippen LogP contribution is 2.21. The maximum Gasteiger partial charge on any atom is 0.397 e. The van der Waals surface area contributed by atoms with Gasteiger partial charge in [0.2, 0.25) is 0 Å². The lowest BCUT2D eigenvalue weighted by Crippen LogP contribution is -2.26. The van der Waals surface area contributed by atoms with Gasteiger partial charge >= 0.3 is 17.8 Å². The lowest BCUT2D eigenvalue weighted by atomic mass is 10.1. The summed E-state index contributed by atoms with van der Waals surface area (Å²) in [5, 5.41) is 2.39. The fraction of sp³-hybridized carbons (Fsp3) is 0.357. The van der Waals surface area contributed by atoms with Crippen LogP contribution in [-0.4, -0.2) is 31.1 Å². The van der Waals surface area contributed by atoms with Gasteiger partial charge in [0.15, 0.2) is 0 Å². The molecule has 0 aliphatic heterocycles. The third-order valence-corrected chi connectivity index (χ3v) is 2.47. The Hall–Kier alpha value is -2.37. The third kappa shape index (κ3) is 3.81. The highest BCUT2D eigenvalue weighted by Gasteiger charge is 2.20. The summed E-state index contributed by atoms with van der Waals surface area (Å²) in [5.74, 6) is -2.48. The molecule has 1 rings (SSSR count). The first kappa shape index (κ1) is 15.7. The van der Waals surface area contributed by atoms with Gasteiger partial charge in [0.05, 0.1) is 24.5 Å². The van der Waals surface area contributed by atoms with Crippen LogP contribution in [0.4, 0.5) is 5.69 Å². The Morgan fingerprint density at radius 1 is 1.10 bits per heavy atom. The standard InChI is InChI=1S/C14H17NO5/c1-4-19-13(17)10-8-6-7-9(3)11(10)15-12(16)14(18)20-5-2/h6-8H,4-5H2,1-3H3,(H,15,16). The summed E-state index contributed by atoms with van der Waals surface area (Å²) in [4.78, 5) is 34.8. The SMILES string of the molecule is CCOC(=O)C(=O)Nc1c(C)cccc1C(=O)OCC. The number of benzene rings is 1. The molecule has 0 saturated heterocycles. The zero-order valence-electron chi connectivity index (χ0n) is 11.7. The van der Waals surface area contributed by atoms with Crippen molar-refractivity contribution in [1.29, 1.82) is 0 Å². The quantitative estimate of drug-likeness (QED) is 0.669. The van der Waals surface area contributed by atoms with E-state index in [9.17, 15) is 14.4 Å². The fourth-order valence-corrected chi connectivity index (χ4v) is 1.57. The maximum atomic E-state index is 11.8. The van der Waals surface area contributed by atoms with Crippen molar-refractivity contribution in [2.45, 2.75) is 20.8 Å². The van der Waals surface area contributed by atoms with E-state index < -0.39 is 17.8 Å². The molecule has 1 aromatic rings. The number of carbonyl (C=O) groups excluding carboxylic acids is 3. The molecule has 0 fully saturated rings. The molecule has 0 bridgehead atoms. The number of hydrogen-bond donors (Lipinski definition) is 1. The van der Waals surface area contributed by atoms with E-state index in [1.54, 1.807) is 32.9 Å². The Labute approximate surface area is 117 Å². The van der Waals surface area contributed by atoms with Crippen LogP contribution in [0.2, 0.25) is 0 Å².